The second-order valence-corrected chi connectivity index (χ2v) is 5.08. The van der Waals surface area contributed by atoms with Gasteiger partial charge >= 0.3 is 12.0 Å². The van der Waals surface area contributed by atoms with Crippen LogP contribution in [0.1, 0.15) is 6.92 Å². The van der Waals surface area contributed by atoms with Gasteiger partial charge in [-0.05, 0) is 31.2 Å². The number of carbonyl (C=O) groups excluding carboxylic acids is 3. The van der Waals surface area contributed by atoms with Gasteiger partial charge in [-0.15, -0.1) is 11.8 Å². The lowest BCUT2D eigenvalue weighted by Crippen LogP contribution is -2.41. The normalized spacial score (nSPS) is 9.73. The summed E-state index contributed by atoms with van der Waals surface area (Å²) in [5, 5.41) is 4.43. The first-order chi connectivity index (χ1) is 10.5. The Morgan fingerprint density at radius 2 is 1.86 bits per heavy atom. The van der Waals surface area contributed by atoms with Crippen LogP contribution >= 0.6 is 11.8 Å². The van der Waals surface area contributed by atoms with Crippen molar-refractivity contribution in [1.82, 2.24) is 10.6 Å². The summed E-state index contributed by atoms with van der Waals surface area (Å²) >= 11 is 1.28. The molecule has 2 N–H and O–H groups in total. The molecule has 0 aliphatic heterocycles. The number of hydrogen-bond donors (Lipinski definition) is 2. The second-order valence-electron chi connectivity index (χ2n) is 4.03. The molecule has 0 aliphatic rings. The highest BCUT2D eigenvalue weighted by molar-refractivity contribution is 8.00. The van der Waals surface area contributed by atoms with Gasteiger partial charge in [-0.2, -0.15) is 0 Å². The molecule has 0 bridgehead atoms. The Bertz CT molecular complexity index is 518. The summed E-state index contributed by atoms with van der Waals surface area (Å²) in [5.74, 6) is -0.407. The Morgan fingerprint density at radius 3 is 2.45 bits per heavy atom. The van der Waals surface area contributed by atoms with Crippen molar-refractivity contribution in [1.29, 1.82) is 0 Å². The Labute approximate surface area is 132 Å². The predicted octanol–water partition coefficient (Wildman–Crippen LogP) is 1.18. The van der Waals surface area contributed by atoms with Crippen LogP contribution in [0, 0.1) is 0 Å². The first kappa shape index (κ1) is 17.8. The number of urea groups is 1. The lowest BCUT2D eigenvalue weighted by molar-refractivity contribution is -0.145. The largest absolute Gasteiger partial charge is 0.497 e. The summed E-state index contributed by atoms with van der Waals surface area (Å²) < 4.78 is 9.80. The number of esters is 1. The quantitative estimate of drug-likeness (QED) is 0.577. The molecule has 0 heterocycles. The molecule has 1 rings (SSSR count). The maximum absolute atomic E-state index is 11.5. The number of rotatable bonds is 7. The van der Waals surface area contributed by atoms with Crippen LogP contribution in [0.3, 0.4) is 0 Å². The van der Waals surface area contributed by atoms with Crippen LogP contribution in [-0.4, -0.2) is 43.9 Å². The molecule has 0 unspecified atom stereocenters. The number of benzene rings is 1. The molecule has 7 nitrogen and oxygen atoms in total. The number of imide groups is 1. The number of methoxy groups -OCH3 is 1. The minimum absolute atomic E-state index is 0.0702. The van der Waals surface area contributed by atoms with Gasteiger partial charge in [0, 0.05) is 11.4 Å². The fourth-order valence-corrected chi connectivity index (χ4v) is 2.07. The van der Waals surface area contributed by atoms with E-state index < -0.39 is 24.5 Å². The predicted molar refractivity (Wildman–Crippen MR) is 81.9 cm³/mol. The molecule has 0 saturated heterocycles. The van der Waals surface area contributed by atoms with Crippen LogP contribution in [0.2, 0.25) is 0 Å². The van der Waals surface area contributed by atoms with E-state index in [1.54, 1.807) is 26.2 Å². The average Bonchev–Trinajstić information content (AvgIpc) is 2.51. The van der Waals surface area contributed by atoms with Crippen LogP contribution in [-0.2, 0) is 14.3 Å². The number of ether oxygens (including phenoxy) is 2. The summed E-state index contributed by atoms with van der Waals surface area (Å²) in [5.41, 5.74) is 0. The molecule has 120 valence electrons. The first-order valence-electron chi connectivity index (χ1n) is 6.55. The summed E-state index contributed by atoms with van der Waals surface area (Å²) in [6, 6.07) is 6.59. The van der Waals surface area contributed by atoms with Crippen molar-refractivity contribution in [3.8, 4) is 5.75 Å². The lowest BCUT2D eigenvalue weighted by atomic mass is 10.3. The van der Waals surface area contributed by atoms with Crippen molar-refractivity contribution in [2.45, 2.75) is 11.8 Å². The smallest absolute Gasteiger partial charge is 0.321 e. The van der Waals surface area contributed by atoms with E-state index in [9.17, 15) is 14.4 Å². The van der Waals surface area contributed by atoms with E-state index in [4.69, 9.17) is 9.47 Å². The molecular formula is C14H18N2O5S. The van der Waals surface area contributed by atoms with Crippen LogP contribution < -0.4 is 15.4 Å². The van der Waals surface area contributed by atoms with Gasteiger partial charge in [0.2, 0.25) is 0 Å². The topological polar surface area (TPSA) is 93.7 Å². The minimum Gasteiger partial charge on any atom is -0.497 e. The highest BCUT2D eigenvalue weighted by Gasteiger charge is 2.10. The van der Waals surface area contributed by atoms with Crippen molar-refractivity contribution in [3.05, 3.63) is 24.3 Å². The minimum atomic E-state index is -0.672. The lowest BCUT2D eigenvalue weighted by Gasteiger charge is -2.06. The molecule has 3 amide bonds. The van der Waals surface area contributed by atoms with Crippen molar-refractivity contribution < 1.29 is 23.9 Å². The molecule has 0 atom stereocenters. The molecule has 22 heavy (non-hydrogen) atoms. The number of nitrogens with one attached hydrogen (secondary N) is 2. The van der Waals surface area contributed by atoms with E-state index in [1.165, 1.54) is 11.8 Å². The van der Waals surface area contributed by atoms with Crippen molar-refractivity contribution in [2.24, 2.45) is 0 Å². The van der Waals surface area contributed by atoms with Crippen LogP contribution in [0.25, 0.3) is 0 Å². The third-order valence-electron chi connectivity index (χ3n) is 2.37. The van der Waals surface area contributed by atoms with Gasteiger partial charge in [-0.1, -0.05) is 0 Å². The van der Waals surface area contributed by atoms with E-state index in [0.29, 0.717) is 6.54 Å². The molecule has 1 aromatic carbocycles. The summed E-state index contributed by atoms with van der Waals surface area (Å²) in [7, 11) is 1.57. The van der Waals surface area contributed by atoms with Crippen molar-refractivity contribution in [2.75, 3.05) is 26.0 Å². The van der Waals surface area contributed by atoms with Crippen LogP contribution in [0.15, 0.2) is 29.2 Å². The Hall–Kier alpha value is -2.22. The molecule has 0 fully saturated rings. The van der Waals surface area contributed by atoms with Gasteiger partial charge in [0.05, 0.1) is 12.9 Å². The van der Waals surface area contributed by atoms with E-state index in [0.717, 1.165) is 10.6 Å². The van der Waals surface area contributed by atoms with Gasteiger partial charge in [0.1, 0.15) is 5.75 Å². The third kappa shape index (κ3) is 6.98. The molecular weight excluding hydrogens is 308 g/mol. The number of amides is 3. The van der Waals surface area contributed by atoms with Gasteiger partial charge in [0.25, 0.3) is 5.91 Å². The van der Waals surface area contributed by atoms with Crippen LogP contribution in [0.5, 0.6) is 5.75 Å². The summed E-state index contributed by atoms with van der Waals surface area (Å²) in [4.78, 5) is 34.8. The molecule has 8 heteroatoms. The highest BCUT2D eigenvalue weighted by atomic mass is 32.2. The third-order valence-corrected chi connectivity index (χ3v) is 3.36. The van der Waals surface area contributed by atoms with Crippen LogP contribution in [0.4, 0.5) is 4.79 Å². The zero-order chi connectivity index (χ0) is 16.4. The molecule has 0 radical (unpaired) electrons. The number of hydrogen-bond acceptors (Lipinski definition) is 6. The average molecular weight is 326 g/mol. The zero-order valence-electron chi connectivity index (χ0n) is 12.4. The molecule has 0 aromatic heterocycles. The van der Waals surface area contributed by atoms with E-state index in [1.807, 2.05) is 17.4 Å². The SMILES string of the molecule is CCNC(=O)NC(=O)COC(=O)CSc1ccc(OC)cc1. The monoisotopic (exact) mass is 326 g/mol. The van der Waals surface area contributed by atoms with E-state index in [2.05, 4.69) is 5.32 Å². The van der Waals surface area contributed by atoms with Crippen molar-refractivity contribution in [3.63, 3.8) is 0 Å². The summed E-state index contributed by atoms with van der Waals surface area (Å²) in [6.07, 6.45) is 0. The second kappa shape index (κ2) is 9.67. The molecule has 0 spiro atoms. The van der Waals surface area contributed by atoms with Crippen molar-refractivity contribution >= 4 is 29.7 Å². The maximum atomic E-state index is 11.5. The van der Waals surface area contributed by atoms with Gasteiger partial charge in [-0.3, -0.25) is 14.9 Å². The number of thioether (sulfide) groups is 1. The Balaban J connectivity index is 2.25. The highest BCUT2D eigenvalue weighted by Crippen LogP contribution is 2.21. The zero-order valence-corrected chi connectivity index (χ0v) is 13.2. The van der Waals surface area contributed by atoms with Gasteiger partial charge in [0.15, 0.2) is 6.61 Å². The fraction of sp³-hybridized carbons (Fsp3) is 0.357. The Kier molecular flexibility index (Phi) is 7.84. The van der Waals surface area contributed by atoms with Gasteiger partial charge < -0.3 is 14.8 Å². The maximum Gasteiger partial charge on any atom is 0.321 e. The molecule has 1 aromatic rings. The fourth-order valence-electron chi connectivity index (χ4n) is 1.37. The Morgan fingerprint density at radius 1 is 1.18 bits per heavy atom. The molecule has 0 saturated carbocycles. The summed E-state index contributed by atoms with van der Waals surface area (Å²) in [6.45, 7) is 1.64. The van der Waals surface area contributed by atoms with E-state index >= 15 is 0 Å². The first-order valence-corrected chi connectivity index (χ1v) is 7.54. The standard InChI is InChI=1S/C14H18N2O5S/c1-3-15-14(19)16-12(17)8-21-13(18)9-22-11-6-4-10(20-2)5-7-11/h4-7H,3,8-9H2,1-2H3,(H2,15,16,17,19). The van der Waals surface area contributed by atoms with Gasteiger partial charge in [-0.25, -0.2) is 4.79 Å². The molecule has 0 aliphatic carbocycles. The number of carbonyl (C=O) groups is 3. The van der Waals surface area contributed by atoms with E-state index in [-0.39, 0.29) is 5.75 Å².